The molecule has 0 aliphatic carbocycles. The van der Waals surface area contributed by atoms with Crippen LogP contribution in [0.25, 0.3) is 0 Å². The number of hydrogen-bond donors (Lipinski definition) is 2. The van der Waals surface area contributed by atoms with Crippen LogP contribution in [-0.2, 0) is 17.7 Å². The molecule has 24 heavy (non-hydrogen) atoms. The van der Waals surface area contributed by atoms with Crippen LogP contribution in [0.4, 0.5) is 4.79 Å². The summed E-state index contributed by atoms with van der Waals surface area (Å²) in [6.45, 7) is 0.952. The van der Waals surface area contributed by atoms with Gasteiger partial charge < -0.3 is 15.4 Å². The number of benzene rings is 2. The third kappa shape index (κ3) is 5.70. The van der Waals surface area contributed by atoms with Gasteiger partial charge in [0.1, 0.15) is 0 Å². The SMILES string of the molecule is COC(=O)c1ccc(CNC(=O)NCCc2cccc(Br)c2)cc1. The highest BCUT2D eigenvalue weighted by Crippen LogP contribution is 2.11. The van der Waals surface area contributed by atoms with E-state index >= 15 is 0 Å². The second-order valence-electron chi connectivity index (χ2n) is 5.18. The largest absolute Gasteiger partial charge is 0.465 e. The second kappa shape index (κ2) is 9.08. The van der Waals surface area contributed by atoms with E-state index < -0.39 is 0 Å². The van der Waals surface area contributed by atoms with E-state index in [1.807, 2.05) is 24.3 Å². The number of hydrogen-bond acceptors (Lipinski definition) is 3. The minimum absolute atomic E-state index is 0.220. The molecular formula is C18H19BrN2O3. The first-order valence-corrected chi connectivity index (χ1v) is 8.31. The molecule has 0 bridgehead atoms. The number of ether oxygens (including phenoxy) is 1. The Kier molecular flexibility index (Phi) is 6.81. The standard InChI is InChI=1S/C18H19BrN2O3/c1-24-17(22)15-7-5-14(6-8-15)12-21-18(23)20-10-9-13-3-2-4-16(19)11-13/h2-8,11H,9-10,12H2,1H3,(H2,20,21,23). The first-order chi connectivity index (χ1) is 11.6. The van der Waals surface area contributed by atoms with Gasteiger partial charge in [-0.15, -0.1) is 0 Å². The third-order valence-corrected chi connectivity index (χ3v) is 3.91. The lowest BCUT2D eigenvalue weighted by Gasteiger charge is -2.08. The summed E-state index contributed by atoms with van der Waals surface area (Å²) in [7, 11) is 1.34. The average molecular weight is 391 g/mol. The lowest BCUT2D eigenvalue weighted by Crippen LogP contribution is -2.36. The van der Waals surface area contributed by atoms with Crippen LogP contribution in [-0.4, -0.2) is 25.7 Å². The molecule has 0 heterocycles. The number of esters is 1. The van der Waals surface area contributed by atoms with Crippen molar-refractivity contribution < 1.29 is 14.3 Å². The van der Waals surface area contributed by atoms with E-state index in [0.29, 0.717) is 18.7 Å². The molecule has 5 nitrogen and oxygen atoms in total. The molecule has 2 N–H and O–H groups in total. The van der Waals surface area contributed by atoms with Crippen LogP contribution < -0.4 is 10.6 Å². The van der Waals surface area contributed by atoms with Crippen molar-refractivity contribution in [2.24, 2.45) is 0 Å². The molecule has 0 saturated carbocycles. The van der Waals surface area contributed by atoms with Gasteiger partial charge in [-0.3, -0.25) is 0 Å². The molecule has 0 fully saturated rings. The number of rotatable bonds is 6. The Morgan fingerprint density at radius 2 is 1.79 bits per heavy atom. The Bertz CT molecular complexity index is 702. The van der Waals surface area contributed by atoms with Crippen molar-refractivity contribution in [3.8, 4) is 0 Å². The van der Waals surface area contributed by atoms with Gasteiger partial charge in [0.15, 0.2) is 0 Å². The Labute approximate surface area is 149 Å². The molecule has 126 valence electrons. The predicted molar refractivity (Wildman–Crippen MR) is 95.9 cm³/mol. The number of methoxy groups -OCH3 is 1. The predicted octanol–water partition coefficient (Wildman–Crippen LogP) is 3.28. The highest BCUT2D eigenvalue weighted by atomic mass is 79.9. The van der Waals surface area contributed by atoms with Gasteiger partial charge in [-0.2, -0.15) is 0 Å². The van der Waals surface area contributed by atoms with E-state index in [9.17, 15) is 9.59 Å². The fraction of sp³-hybridized carbons (Fsp3) is 0.222. The maximum absolute atomic E-state index is 11.8. The van der Waals surface area contributed by atoms with Gasteiger partial charge in [0.2, 0.25) is 0 Å². The van der Waals surface area contributed by atoms with Gasteiger partial charge in [0.05, 0.1) is 12.7 Å². The molecule has 2 amide bonds. The zero-order chi connectivity index (χ0) is 17.4. The van der Waals surface area contributed by atoms with Gasteiger partial charge in [0.25, 0.3) is 0 Å². The van der Waals surface area contributed by atoms with Crippen LogP contribution >= 0.6 is 15.9 Å². The average Bonchev–Trinajstić information content (AvgIpc) is 2.60. The van der Waals surface area contributed by atoms with E-state index in [4.69, 9.17) is 0 Å². The molecule has 0 aromatic heterocycles. The number of carbonyl (C=O) groups is 2. The Hall–Kier alpha value is -2.34. The number of amides is 2. The van der Waals surface area contributed by atoms with Crippen LogP contribution in [0.15, 0.2) is 53.0 Å². The van der Waals surface area contributed by atoms with Gasteiger partial charge >= 0.3 is 12.0 Å². The van der Waals surface area contributed by atoms with Crippen LogP contribution in [0.3, 0.4) is 0 Å². The van der Waals surface area contributed by atoms with Crippen molar-refractivity contribution in [2.75, 3.05) is 13.7 Å². The summed E-state index contributed by atoms with van der Waals surface area (Å²) in [6, 6.07) is 14.7. The molecule has 6 heteroatoms. The topological polar surface area (TPSA) is 67.4 Å². The summed E-state index contributed by atoms with van der Waals surface area (Å²) in [5.74, 6) is -0.375. The second-order valence-corrected chi connectivity index (χ2v) is 6.09. The Morgan fingerprint density at radius 3 is 2.46 bits per heavy atom. The smallest absolute Gasteiger partial charge is 0.337 e. The summed E-state index contributed by atoms with van der Waals surface area (Å²) in [6.07, 6.45) is 0.765. The molecule has 0 spiro atoms. The molecule has 0 unspecified atom stereocenters. The van der Waals surface area contributed by atoms with E-state index in [1.54, 1.807) is 24.3 Å². The monoisotopic (exact) mass is 390 g/mol. The fourth-order valence-corrected chi connectivity index (χ4v) is 2.58. The number of nitrogens with one attached hydrogen (secondary N) is 2. The van der Waals surface area contributed by atoms with Gasteiger partial charge in [0, 0.05) is 17.6 Å². The summed E-state index contributed by atoms with van der Waals surface area (Å²) >= 11 is 3.42. The van der Waals surface area contributed by atoms with Crippen molar-refractivity contribution in [3.63, 3.8) is 0 Å². The summed E-state index contributed by atoms with van der Waals surface area (Å²) in [4.78, 5) is 23.1. The third-order valence-electron chi connectivity index (χ3n) is 3.42. The molecule has 2 rings (SSSR count). The van der Waals surface area contributed by atoms with Crippen molar-refractivity contribution in [3.05, 3.63) is 69.7 Å². The first-order valence-electron chi connectivity index (χ1n) is 7.52. The van der Waals surface area contributed by atoms with Crippen LogP contribution in [0.5, 0.6) is 0 Å². The zero-order valence-electron chi connectivity index (χ0n) is 13.3. The molecule has 0 atom stereocenters. The zero-order valence-corrected chi connectivity index (χ0v) is 14.9. The van der Waals surface area contributed by atoms with E-state index in [0.717, 1.165) is 22.0 Å². The summed E-state index contributed by atoms with van der Waals surface area (Å²) < 4.78 is 5.67. The van der Waals surface area contributed by atoms with Gasteiger partial charge in [-0.1, -0.05) is 40.2 Å². The fourth-order valence-electron chi connectivity index (χ4n) is 2.13. The number of halogens is 1. The van der Waals surface area contributed by atoms with Gasteiger partial charge in [-0.05, 0) is 41.8 Å². The lowest BCUT2D eigenvalue weighted by atomic mass is 10.1. The number of urea groups is 1. The highest BCUT2D eigenvalue weighted by molar-refractivity contribution is 9.10. The molecule has 0 aliphatic heterocycles. The molecule has 0 radical (unpaired) electrons. The highest BCUT2D eigenvalue weighted by Gasteiger charge is 2.05. The maximum Gasteiger partial charge on any atom is 0.337 e. The van der Waals surface area contributed by atoms with Crippen LogP contribution in [0, 0.1) is 0 Å². The minimum Gasteiger partial charge on any atom is -0.465 e. The van der Waals surface area contributed by atoms with Crippen molar-refractivity contribution >= 4 is 27.9 Å². The summed E-state index contributed by atoms with van der Waals surface area (Å²) in [5.41, 5.74) is 2.55. The Morgan fingerprint density at radius 1 is 1.04 bits per heavy atom. The maximum atomic E-state index is 11.8. The molecule has 0 saturated heterocycles. The molecule has 2 aromatic rings. The molecular weight excluding hydrogens is 372 g/mol. The van der Waals surface area contributed by atoms with E-state index in [-0.39, 0.29) is 12.0 Å². The first kappa shape index (κ1) is 18.0. The van der Waals surface area contributed by atoms with E-state index in [2.05, 4.69) is 31.3 Å². The van der Waals surface area contributed by atoms with Crippen molar-refractivity contribution in [1.82, 2.24) is 10.6 Å². The van der Waals surface area contributed by atoms with Crippen LogP contribution in [0.1, 0.15) is 21.5 Å². The lowest BCUT2D eigenvalue weighted by molar-refractivity contribution is 0.0600. The van der Waals surface area contributed by atoms with Crippen molar-refractivity contribution in [1.29, 1.82) is 0 Å². The van der Waals surface area contributed by atoms with E-state index in [1.165, 1.54) is 7.11 Å². The molecule has 0 aliphatic rings. The van der Waals surface area contributed by atoms with Crippen LogP contribution in [0.2, 0.25) is 0 Å². The quantitative estimate of drug-likeness (QED) is 0.743. The van der Waals surface area contributed by atoms with Crippen molar-refractivity contribution in [2.45, 2.75) is 13.0 Å². The summed E-state index contributed by atoms with van der Waals surface area (Å²) in [5, 5.41) is 5.60. The number of carbonyl (C=O) groups excluding carboxylic acids is 2. The molecule has 2 aromatic carbocycles. The minimum atomic E-state index is -0.375. The Balaban J connectivity index is 1.72. The normalized spacial score (nSPS) is 10.1. The van der Waals surface area contributed by atoms with Gasteiger partial charge in [-0.25, -0.2) is 9.59 Å².